The van der Waals surface area contributed by atoms with Crippen molar-refractivity contribution in [2.24, 2.45) is 0 Å². The zero-order valence-electron chi connectivity index (χ0n) is 10.8. The number of rotatable bonds is 3. The number of carbonyl (C=O) groups excluding carboxylic acids is 1. The Bertz CT molecular complexity index is 374. The number of nitrogens with one attached hydrogen (secondary N) is 1. The molecule has 0 saturated heterocycles. The Morgan fingerprint density at radius 3 is 2.38 bits per heavy atom. The molecule has 0 unspecified atom stereocenters. The maximum absolute atomic E-state index is 12.1. The van der Waals surface area contributed by atoms with Gasteiger partial charge in [-0.1, -0.05) is 13.8 Å². The van der Waals surface area contributed by atoms with Crippen molar-refractivity contribution in [3.05, 3.63) is 21.4 Å². The fourth-order valence-corrected chi connectivity index (χ4v) is 2.56. The number of hydrogen-bond donors (Lipinski definition) is 1. The molecule has 0 atom stereocenters. The summed E-state index contributed by atoms with van der Waals surface area (Å²) in [7, 11) is 0. The number of amides is 1. The maximum atomic E-state index is 12.1. The molecule has 2 nitrogen and oxygen atoms in total. The molecule has 0 radical (unpaired) electrons. The standard InChI is InChI=1S/C13H21NOS/c1-6-9-8-10(11(7-2)16-9)12(15)14-13(3,4)5/h8H,6-7H2,1-5H3,(H,14,15). The smallest absolute Gasteiger partial charge is 0.252 e. The first-order valence-corrected chi connectivity index (χ1v) is 6.63. The van der Waals surface area contributed by atoms with E-state index in [1.165, 1.54) is 9.75 Å². The van der Waals surface area contributed by atoms with E-state index in [1.807, 2.05) is 26.8 Å². The normalized spacial score (nSPS) is 11.6. The van der Waals surface area contributed by atoms with Crippen molar-refractivity contribution in [2.75, 3.05) is 0 Å². The number of hydrogen-bond acceptors (Lipinski definition) is 2. The van der Waals surface area contributed by atoms with Crippen LogP contribution in [0.15, 0.2) is 6.07 Å². The molecule has 90 valence electrons. The Kier molecular flexibility index (Phi) is 4.14. The first kappa shape index (κ1) is 13.2. The van der Waals surface area contributed by atoms with Crippen LogP contribution in [-0.4, -0.2) is 11.4 Å². The van der Waals surface area contributed by atoms with E-state index < -0.39 is 0 Å². The summed E-state index contributed by atoms with van der Waals surface area (Å²) in [5.41, 5.74) is 0.690. The minimum atomic E-state index is -0.170. The highest BCUT2D eigenvalue weighted by Crippen LogP contribution is 2.24. The predicted octanol–water partition coefficient (Wildman–Crippen LogP) is 3.40. The molecule has 0 aliphatic rings. The third kappa shape index (κ3) is 3.34. The van der Waals surface area contributed by atoms with Crippen molar-refractivity contribution in [3.8, 4) is 0 Å². The fraction of sp³-hybridized carbons (Fsp3) is 0.615. The summed E-state index contributed by atoms with van der Waals surface area (Å²) in [5.74, 6) is 0.0558. The molecule has 0 aliphatic carbocycles. The lowest BCUT2D eigenvalue weighted by atomic mass is 10.1. The molecule has 0 spiro atoms. The highest BCUT2D eigenvalue weighted by Gasteiger charge is 2.19. The first-order valence-electron chi connectivity index (χ1n) is 5.81. The average Bonchev–Trinajstić information content (AvgIpc) is 2.58. The van der Waals surface area contributed by atoms with Crippen LogP contribution in [0.2, 0.25) is 0 Å². The summed E-state index contributed by atoms with van der Waals surface area (Å²) in [6.45, 7) is 10.2. The van der Waals surface area contributed by atoms with Gasteiger partial charge in [0.25, 0.3) is 5.91 Å². The molecule has 1 aromatic heterocycles. The van der Waals surface area contributed by atoms with E-state index in [9.17, 15) is 4.79 Å². The molecule has 1 rings (SSSR count). The molecule has 1 N–H and O–H groups in total. The molecule has 1 heterocycles. The van der Waals surface area contributed by atoms with Crippen molar-refractivity contribution in [2.45, 2.75) is 53.0 Å². The van der Waals surface area contributed by atoms with Gasteiger partial charge in [-0.05, 0) is 39.7 Å². The Hall–Kier alpha value is -0.830. The molecular formula is C13H21NOS. The van der Waals surface area contributed by atoms with Gasteiger partial charge in [-0.2, -0.15) is 0 Å². The van der Waals surface area contributed by atoms with Crippen LogP contribution in [0.4, 0.5) is 0 Å². The molecule has 0 aliphatic heterocycles. The lowest BCUT2D eigenvalue weighted by Crippen LogP contribution is -2.40. The second-order valence-corrected chi connectivity index (χ2v) is 6.18. The zero-order valence-corrected chi connectivity index (χ0v) is 11.6. The second-order valence-electron chi connectivity index (χ2n) is 4.96. The van der Waals surface area contributed by atoms with Gasteiger partial charge in [0, 0.05) is 15.3 Å². The van der Waals surface area contributed by atoms with E-state index in [1.54, 1.807) is 11.3 Å². The van der Waals surface area contributed by atoms with Crippen LogP contribution in [0.25, 0.3) is 0 Å². The lowest BCUT2D eigenvalue weighted by molar-refractivity contribution is 0.0919. The minimum Gasteiger partial charge on any atom is -0.347 e. The largest absolute Gasteiger partial charge is 0.347 e. The second kappa shape index (κ2) is 5.00. The van der Waals surface area contributed by atoms with Crippen molar-refractivity contribution in [3.63, 3.8) is 0 Å². The quantitative estimate of drug-likeness (QED) is 0.860. The van der Waals surface area contributed by atoms with Gasteiger partial charge in [-0.25, -0.2) is 0 Å². The van der Waals surface area contributed by atoms with Gasteiger partial charge in [-0.3, -0.25) is 4.79 Å². The number of carbonyl (C=O) groups is 1. The van der Waals surface area contributed by atoms with E-state index in [0.717, 1.165) is 18.4 Å². The van der Waals surface area contributed by atoms with Gasteiger partial charge in [0.15, 0.2) is 0 Å². The molecule has 1 amide bonds. The van der Waals surface area contributed by atoms with E-state index in [4.69, 9.17) is 0 Å². The average molecular weight is 239 g/mol. The molecule has 16 heavy (non-hydrogen) atoms. The summed E-state index contributed by atoms with van der Waals surface area (Å²) in [6.07, 6.45) is 1.93. The van der Waals surface area contributed by atoms with Crippen molar-refractivity contribution in [1.82, 2.24) is 5.32 Å². The molecule has 0 bridgehead atoms. The molecule has 3 heteroatoms. The SMILES string of the molecule is CCc1cc(C(=O)NC(C)(C)C)c(CC)s1. The zero-order chi connectivity index (χ0) is 12.3. The van der Waals surface area contributed by atoms with Crippen molar-refractivity contribution >= 4 is 17.2 Å². The summed E-state index contributed by atoms with van der Waals surface area (Å²) in [4.78, 5) is 14.5. The number of thiophene rings is 1. The van der Waals surface area contributed by atoms with Gasteiger partial charge < -0.3 is 5.32 Å². The van der Waals surface area contributed by atoms with Gasteiger partial charge in [0.2, 0.25) is 0 Å². The molecular weight excluding hydrogens is 218 g/mol. The molecule has 1 aromatic rings. The van der Waals surface area contributed by atoms with Crippen LogP contribution >= 0.6 is 11.3 Å². The van der Waals surface area contributed by atoms with Crippen LogP contribution in [-0.2, 0) is 12.8 Å². The Morgan fingerprint density at radius 1 is 1.31 bits per heavy atom. The fourth-order valence-electron chi connectivity index (χ4n) is 1.52. The highest BCUT2D eigenvalue weighted by molar-refractivity contribution is 7.12. The van der Waals surface area contributed by atoms with Gasteiger partial charge in [0.05, 0.1) is 5.56 Å². The first-order chi connectivity index (χ1) is 7.37. The Morgan fingerprint density at radius 2 is 1.94 bits per heavy atom. The van der Waals surface area contributed by atoms with Crippen LogP contribution in [0.1, 0.15) is 54.7 Å². The molecule has 0 saturated carbocycles. The molecule has 0 aromatic carbocycles. The van der Waals surface area contributed by atoms with E-state index >= 15 is 0 Å². The summed E-state index contributed by atoms with van der Waals surface area (Å²) in [6, 6.07) is 2.03. The number of aryl methyl sites for hydroxylation is 2. The maximum Gasteiger partial charge on any atom is 0.252 e. The van der Waals surface area contributed by atoms with Crippen LogP contribution in [0, 0.1) is 0 Å². The third-order valence-electron chi connectivity index (χ3n) is 2.26. The van der Waals surface area contributed by atoms with Crippen LogP contribution < -0.4 is 5.32 Å². The molecule has 0 fully saturated rings. The monoisotopic (exact) mass is 239 g/mol. The van der Waals surface area contributed by atoms with Crippen LogP contribution in [0.3, 0.4) is 0 Å². The van der Waals surface area contributed by atoms with Gasteiger partial charge in [-0.15, -0.1) is 11.3 Å². The van der Waals surface area contributed by atoms with Crippen molar-refractivity contribution < 1.29 is 4.79 Å². The Labute approximate surface area is 102 Å². The summed E-state index contributed by atoms with van der Waals surface area (Å²) in [5, 5.41) is 3.02. The highest BCUT2D eigenvalue weighted by atomic mass is 32.1. The summed E-state index contributed by atoms with van der Waals surface area (Å²) < 4.78 is 0. The van der Waals surface area contributed by atoms with Crippen LogP contribution in [0.5, 0.6) is 0 Å². The summed E-state index contributed by atoms with van der Waals surface area (Å²) >= 11 is 1.75. The van der Waals surface area contributed by atoms with E-state index in [-0.39, 0.29) is 11.4 Å². The third-order valence-corrected chi connectivity index (χ3v) is 3.69. The van der Waals surface area contributed by atoms with E-state index in [0.29, 0.717) is 0 Å². The van der Waals surface area contributed by atoms with Gasteiger partial charge in [0.1, 0.15) is 0 Å². The Balaban J connectivity index is 2.94. The lowest BCUT2D eigenvalue weighted by Gasteiger charge is -2.20. The minimum absolute atomic E-state index is 0.0558. The van der Waals surface area contributed by atoms with Gasteiger partial charge >= 0.3 is 0 Å². The topological polar surface area (TPSA) is 29.1 Å². The predicted molar refractivity (Wildman–Crippen MR) is 70.3 cm³/mol. The van der Waals surface area contributed by atoms with E-state index in [2.05, 4.69) is 19.2 Å². The van der Waals surface area contributed by atoms with Crippen molar-refractivity contribution in [1.29, 1.82) is 0 Å².